The van der Waals surface area contributed by atoms with Gasteiger partial charge in [-0.3, -0.25) is 14.4 Å². The minimum atomic E-state index is -1.54. The first kappa shape index (κ1) is 14.7. The molecular weight excluding hydrogens is 283 g/mol. The van der Waals surface area contributed by atoms with Crippen molar-refractivity contribution in [1.29, 1.82) is 0 Å². The lowest BCUT2D eigenvalue weighted by Crippen LogP contribution is -2.21. The summed E-state index contributed by atoms with van der Waals surface area (Å²) in [6.07, 6.45) is -0.525. The SMILES string of the molecule is CC(=O)OC(OC(C)=O)c1coc2ccc(F)cc2c1=O. The van der Waals surface area contributed by atoms with Crippen LogP contribution in [-0.2, 0) is 19.1 Å². The zero-order valence-corrected chi connectivity index (χ0v) is 11.2. The van der Waals surface area contributed by atoms with E-state index in [4.69, 9.17) is 13.9 Å². The van der Waals surface area contributed by atoms with Gasteiger partial charge in [-0.25, -0.2) is 4.39 Å². The average molecular weight is 294 g/mol. The Balaban J connectivity index is 2.57. The lowest BCUT2D eigenvalue weighted by atomic mass is 10.1. The van der Waals surface area contributed by atoms with Gasteiger partial charge in [0, 0.05) is 13.8 Å². The summed E-state index contributed by atoms with van der Waals surface area (Å²) in [5, 5.41) is -0.0446. The third-order valence-corrected chi connectivity index (χ3v) is 2.56. The number of halogens is 1. The van der Waals surface area contributed by atoms with Crippen molar-refractivity contribution in [2.75, 3.05) is 0 Å². The molecule has 0 radical (unpaired) electrons. The van der Waals surface area contributed by atoms with Crippen LogP contribution in [0.25, 0.3) is 11.0 Å². The van der Waals surface area contributed by atoms with Gasteiger partial charge in [0.1, 0.15) is 23.2 Å². The van der Waals surface area contributed by atoms with Gasteiger partial charge in [0.05, 0.1) is 5.39 Å². The Morgan fingerprint density at radius 3 is 2.38 bits per heavy atom. The van der Waals surface area contributed by atoms with E-state index in [1.54, 1.807) is 0 Å². The summed E-state index contributed by atoms with van der Waals surface area (Å²) in [5.74, 6) is -2.12. The van der Waals surface area contributed by atoms with Crippen molar-refractivity contribution < 1.29 is 27.9 Å². The lowest BCUT2D eigenvalue weighted by molar-refractivity contribution is -0.186. The molecular formula is C14H11FO6. The smallest absolute Gasteiger partial charge is 0.305 e. The van der Waals surface area contributed by atoms with Crippen molar-refractivity contribution in [1.82, 2.24) is 0 Å². The Bertz CT molecular complexity index is 748. The maximum Gasteiger partial charge on any atom is 0.305 e. The van der Waals surface area contributed by atoms with Gasteiger partial charge in [0.15, 0.2) is 0 Å². The van der Waals surface area contributed by atoms with Crippen LogP contribution in [0.15, 0.2) is 33.7 Å². The van der Waals surface area contributed by atoms with E-state index >= 15 is 0 Å². The molecule has 0 aliphatic heterocycles. The van der Waals surface area contributed by atoms with E-state index in [1.165, 1.54) is 6.07 Å². The van der Waals surface area contributed by atoms with Crippen LogP contribution < -0.4 is 5.43 Å². The second-order valence-corrected chi connectivity index (χ2v) is 4.21. The van der Waals surface area contributed by atoms with Crippen LogP contribution in [0.4, 0.5) is 4.39 Å². The monoisotopic (exact) mass is 294 g/mol. The predicted molar refractivity (Wildman–Crippen MR) is 68.7 cm³/mol. The van der Waals surface area contributed by atoms with Crippen LogP contribution in [0.2, 0.25) is 0 Å². The number of hydrogen-bond donors (Lipinski definition) is 0. The minimum Gasteiger partial charge on any atom is -0.463 e. The summed E-state index contributed by atoms with van der Waals surface area (Å²) < 4.78 is 27.9. The molecule has 2 aromatic rings. The van der Waals surface area contributed by atoms with E-state index in [0.29, 0.717) is 0 Å². The van der Waals surface area contributed by atoms with Gasteiger partial charge >= 0.3 is 11.9 Å². The Morgan fingerprint density at radius 1 is 1.19 bits per heavy atom. The molecule has 0 aliphatic rings. The van der Waals surface area contributed by atoms with Crippen molar-refractivity contribution in [2.24, 2.45) is 0 Å². The van der Waals surface area contributed by atoms with Crippen LogP contribution in [0.1, 0.15) is 25.7 Å². The third-order valence-electron chi connectivity index (χ3n) is 2.56. The van der Waals surface area contributed by atoms with Crippen molar-refractivity contribution in [3.8, 4) is 0 Å². The van der Waals surface area contributed by atoms with Gasteiger partial charge in [-0.1, -0.05) is 0 Å². The van der Waals surface area contributed by atoms with Crippen molar-refractivity contribution in [3.05, 3.63) is 46.1 Å². The zero-order valence-electron chi connectivity index (χ0n) is 11.2. The molecule has 2 rings (SSSR count). The topological polar surface area (TPSA) is 82.8 Å². The van der Waals surface area contributed by atoms with E-state index in [-0.39, 0.29) is 16.5 Å². The number of carbonyl (C=O) groups is 2. The molecule has 21 heavy (non-hydrogen) atoms. The average Bonchev–Trinajstić information content (AvgIpc) is 2.38. The number of benzene rings is 1. The quantitative estimate of drug-likeness (QED) is 0.636. The fourth-order valence-electron chi connectivity index (χ4n) is 1.73. The Hall–Kier alpha value is -2.70. The minimum absolute atomic E-state index is 0.0446. The highest BCUT2D eigenvalue weighted by Crippen LogP contribution is 2.20. The molecule has 0 atom stereocenters. The Kier molecular flexibility index (Phi) is 4.02. The summed E-state index contributed by atoms with van der Waals surface area (Å²) in [6, 6.07) is 3.42. The fourth-order valence-corrected chi connectivity index (χ4v) is 1.73. The van der Waals surface area contributed by atoms with Crippen molar-refractivity contribution in [2.45, 2.75) is 20.1 Å². The highest BCUT2D eigenvalue weighted by atomic mass is 19.1. The van der Waals surface area contributed by atoms with Gasteiger partial charge in [-0.05, 0) is 18.2 Å². The summed E-state index contributed by atoms with van der Waals surface area (Å²) in [7, 11) is 0. The normalized spacial score (nSPS) is 10.7. The number of fused-ring (bicyclic) bond motifs is 1. The van der Waals surface area contributed by atoms with Crippen LogP contribution >= 0.6 is 0 Å². The van der Waals surface area contributed by atoms with E-state index in [2.05, 4.69) is 0 Å². The standard InChI is InChI=1S/C14H11FO6/c1-7(16)20-14(21-8(2)17)11-6-19-12-4-3-9(15)5-10(12)13(11)18/h3-6,14H,1-2H3. The first-order valence-electron chi connectivity index (χ1n) is 5.94. The van der Waals surface area contributed by atoms with Crippen LogP contribution in [0, 0.1) is 5.82 Å². The largest absolute Gasteiger partial charge is 0.463 e. The Labute approximate surface area is 118 Å². The molecule has 0 aliphatic carbocycles. The van der Waals surface area contributed by atoms with Crippen LogP contribution in [0.5, 0.6) is 0 Å². The molecule has 110 valence electrons. The highest BCUT2D eigenvalue weighted by molar-refractivity contribution is 5.77. The molecule has 0 N–H and O–H groups in total. The molecule has 1 heterocycles. The predicted octanol–water partition coefficient (Wildman–Crippen LogP) is 2.06. The van der Waals surface area contributed by atoms with E-state index in [9.17, 15) is 18.8 Å². The number of ether oxygens (including phenoxy) is 2. The summed E-state index contributed by atoms with van der Waals surface area (Å²) >= 11 is 0. The summed E-state index contributed by atoms with van der Waals surface area (Å²) in [6.45, 7) is 2.19. The van der Waals surface area contributed by atoms with E-state index in [1.807, 2.05) is 0 Å². The summed E-state index contributed by atoms with van der Waals surface area (Å²) in [5.41, 5.74) is -0.698. The molecule has 1 aromatic carbocycles. The maximum absolute atomic E-state index is 13.2. The van der Waals surface area contributed by atoms with Gasteiger partial charge in [-0.2, -0.15) is 0 Å². The highest BCUT2D eigenvalue weighted by Gasteiger charge is 2.23. The molecule has 0 bridgehead atoms. The Morgan fingerprint density at radius 2 is 1.81 bits per heavy atom. The second-order valence-electron chi connectivity index (χ2n) is 4.21. The van der Waals surface area contributed by atoms with Gasteiger partial charge in [0.25, 0.3) is 6.29 Å². The van der Waals surface area contributed by atoms with Gasteiger partial charge in [-0.15, -0.1) is 0 Å². The fraction of sp³-hybridized carbons (Fsp3) is 0.214. The molecule has 7 heteroatoms. The maximum atomic E-state index is 13.2. The number of hydrogen-bond acceptors (Lipinski definition) is 6. The van der Waals surface area contributed by atoms with Crippen LogP contribution in [0.3, 0.4) is 0 Å². The first-order valence-corrected chi connectivity index (χ1v) is 5.94. The molecule has 0 spiro atoms. The van der Waals surface area contributed by atoms with E-state index in [0.717, 1.165) is 32.2 Å². The molecule has 0 saturated heterocycles. The molecule has 0 unspecified atom stereocenters. The second kappa shape index (κ2) is 5.74. The number of rotatable bonds is 3. The van der Waals surface area contributed by atoms with Crippen molar-refractivity contribution >= 4 is 22.9 Å². The van der Waals surface area contributed by atoms with Crippen molar-refractivity contribution in [3.63, 3.8) is 0 Å². The first-order chi connectivity index (χ1) is 9.88. The van der Waals surface area contributed by atoms with Gasteiger partial charge < -0.3 is 13.9 Å². The number of esters is 2. The molecule has 0 saturated carbocycles. The summed E-state index contributed by atoms with van der Waals surface area (Å²) in [4.78, 5) is 34.3. The van der Waals surface area contributed by atoms with Crippen LogP contribution in [-0.4, -0.2) is 11.9 Å². The zero-order chi connectivity index (χ0) is 15.6. The van der Waals surface area contributed by atoms with Gasteiger partial charge in [0.2, 0.25) is 5.43 Å². The molecule has 6 nitrogen and oxygen atoms in total. The molecule has 0 fully saturated rings. The molecule has 0 amide bonds. The van der Waals surface area contributed by atoms with E-state index < -0.39 is 29.5 Å². The molecule has 1 aromatic heterocycles. The lowest BCUT2D eigenvalue weighted by Gasteiger charge is -2.15. The third kappa shape index (κ3) is 3.25. The number of carbonyl (C=O) groups excluding carboxylic acids is 2.